The zero-order valence-corrected chi connectivity index (χ0v) is 8.12. The first-order valence-corrected chi connectivity index (χ1v) is 8.83. The molecule has 0 aromatic heterocycles. The van der Waals surface area contributed by atoms with Gasteiger partial charge in [-0.3, -0.25) is 0 Å². The summed E-state index contributed by atoms with van der Waals surface area (Å²) >= 11 is -11.2. The van der Waals surface area contributed by atoms with Crippen molar-refractivity contribution in [3.8, 4) is 0 Å². The van der Waals surface area contributed by atoms with Crippen molar-refractivity contribution in [1.29, 1.82) is 0 Å². The molecule has 0 N–H and O–H groups in total. The van der Waals surface area contributed by atoms with Crippen molar-refractivity contribution >= 4 is 28.0 Å². The first-order chi connectivity index (χ1) is 4.45. The van der Waals surface area contributed by atoms with Crippen LogP contribution >= 0.6 is 8.51 Å². The molecule has 12 heavy (non-hydrogen) atoms. The zero-order valence-electron chi connectivity index (χ0n) is 4.67. The molecule has 0 nitrogen and oxygen atoms in total. The van der Waals surface area contributed by atoms with Crippen LogP contribution in [-0.4, -0.2) is 19.5 Å². The van der Waals surface area contributed by atoms with Crippen molar-refractivity contribution in [2.45, 2.75) is 0 Å². The molecule has 0 heterocycles. The van der Waals surface area contributed by atoms with Gasteiger partial charge in [0, 0.05) is 0 Å². The summed E-state index contributed by atoms with van der Waals surface area (Å²) in [4.78, 5) is 0. The van der Waals surface area contributed by atoms with E-state index in [4.69, 9.17) is 0 Å². The van der Waals surface area contributed by atoms with Gasteiger partial charge in [-0.1, -0.05) is 0 Å². The van der Waals surface area contributed by atoms with Crippen LogP contribution in [-0.2, 0) is 0 Å². The van der Waals surface area contributed by atoms with E-state index in [-0.39, 0.29) is 0 Å². The third-order valence-corrected chi connectivity index (χ3v) is 0. The molecular weight excluding hydrogens is 343 g/mol. The molecule has 12 heteroatoms. The van der Waals surface area contributed by atoms with Crippen molar-refractivity contribution in [2.24, 2.45) is 0 Å². The Kier molecular flexibility index (Phi) is 3.47. The molecule has 0 saturated heterocycles. The third kappa shape index (κ3) is 3200. The van der Waals surface area contributed by atoms with Crippen LogP contribution in [0.1, 0.15) is 0 Å². The second-order valence-corrected chi connectivity index (χ2v) is 7.58. The molecule has 0 aliphatic rings. The number of hydrogen-bond acceptors (Lipinski definition) is 0. The molecule has 0 saturated carbocycles. The third-order valence-electron chi connectivity index (χ3n) is 0. The Bertz CT molecular complexity index is 120. The molecule has 0 fully saturated rings. The van der Waals surface area contributed by atoms with Gasteiger partial charge in [-0.05, 0) is 0 Å². The standard InChI is InChI=1S/F4P.6FH.Sb/c1-5(2,3)4;;;;;;;/h;6*1H;/q+1;;;;;;;+5/p-6. The van der Waals surface area contributed by atoms with Gasteiger partial charge in [-0.25, -0.2) is 0 Å². The summed E-state index contributed by atoms with van der Waals surface area (Å²) in [6.45, 7) is 0. The fraction of sp³-hybridized carbons (Fsp3) is 0. The van der Waals surface area contributed by atoms with Gasteiger partial charge >= 0.3 is 44.9 Å². The van der Waals surface area contributed by atoms with E-state index in [0.29, 0.717) is 0 Å². The molecule has 0 amide bonds. The van der Waals surface area contributed by atoms with Crippen molar-refractivity contribution < 1.29 is 33.7 Å². The van der Waals surface area contributed by atoms with Gasteiger partial charge in [0.05, 0.1) is 16.8 Å². The van der Waals surface area contributed by atoms with Gasteiger partial charge in [0.25, 0.3) is 0 Å². The second-order valence-electron chi connectivity index (χ2n) is 1.34. The van der Waals surface area contributed by atoms with Crippen molar-refractivity contribution in [3.05, 3.63) is 0 Å². The van der Waals surface area contributed by atoms with Gasteiger partial charge in [0.15, 0.2) is 0 Å². The monoisotopic (exact) mass is 342 g/mol. The minimum atomic E-state index is -11.2. The number of halogens is 10. The molecule has 0 aromatic rings. The number of hydrogen-bond donors (Lipinski definition) is 0. The summed E-state index contributed by atoms with van der Waals surface area (Å²) < 4.78 is 98.7. The minimum absolute atomic E-state index is 6.39. The molecule has 0 atom stereocenters. The maximum absolute atomic E-state index is 11.2. The average molecular weight is 343 g/mol. The van der Waals surface area contributed by atoms with E-state index < -0.39 is 28.0 Å². The second kappa shape index (κ2) is 2.77. The maximum atomic E-state index is 9.93. The Hall–Kier alpha value is 0.548. The van der Waals surface area contributed by atoms with Gasteiger partial charge in [-0.2, -0.15) is 0 Å². The summed E-state index contributed by atoms with van der Waals surface area (Å²) in [5.74, 6) is 0. The molecule has 0 aliphatic heterocycles. The normalized spacial score (nSPS) is 18.5. The van der Waals surface area contributed by atoms with Gasteiger partial charge in [0.2, 0.25) is 0 Å². The molecule has 0 aromatic carbocycles. The van der Waals surface area contributed by atoms with Gasteiger partial charge in [0.1, 0.15) is 0 Å². The molecular formula is F10PSb. The summed E-state index contributed by atoms with van der Waals surface area (Å²) in [6.07, 6.45) is 0. The van der Waals surface area contributed by atoms with Crippen LogP contribution in [0.4, 0.5) is 33.7 Å². The van der Waals surface area contributed by atoms with Crippen LogP contribution in [0.2, 0.25) is 0 Å². The van der Waals surface area contributed by atoms with E-state index in [0.717, 1.165) is 0 Å². The van der Waals surface area contributed by atoms with Crippen LogP contribution in [0.15, 0.2) is 0 Å². The predicted molar refractivity (Wildman–Crippen MR) is 23.8 cm³/mol. The SMILES string of the molecule is F[P+](F)(F)F.[F][Sb-]([F])([F])([F])([F])[F]. The van der Waals surface area contributed by atoms with Crippen LogP contribution < -0.4 is 0 Å². The average Bonchev–Trinajstić information content (AvgIpc) is 1.04. The summed E-state index contributed by atoms with van der Waals surface area (Å²) in [5, 5.41) is 0. The van der Waals surface area contributed by atoms with Crippen molar-refractivity contribution in [2.75, 3.05) is 0 Å². The van der Waals surface area contributed by atoms with E-state index in [1.54, 1.807) is 0 Å². The fourth-order valence-electron chi connectivity index (χ4n) is 0. The predicted octanol–water partition coefficient (Wildman–Crippen LogP) is 4.68. The van der Waals surface area contributed by atoms with Crippen LogP contribution in [0, 0.1) is 0 Å². The number of rotatable bonds is 0. The summed E-state index contributed by atoms with van der Waals surface area (Å²) in [7, 11) is -6.39. The molecule has 0 bridgehead atoms. The fourth-order valence-corrected chi connectivity index (χ4v) is 0. The first-order valence-electron chi connectivity index (χ1n) is 1.69. The van der Waals surface area contributed by atoms with E-state index >= 15 is 0 Å². The van der Waals surface area contributed by atoms with Gasteiger partial charge < -0.3 is 0 Å². The topological polar surface area (TPSA) is 0 Å². The molecule has 0 rings (SSSR count). The molecule has 0 radical (unpaired) electrons. The van der Waals surface area contributed by atoms with Gasteiger partial charge in [-0.15, -0.1) is 0 Å². The Balaban J connectivity index is 0. The molecule has 80 valence electrons. The van der Waals surface area contributed by atoms with E-state index in [2.05, 4.69) is 0 Å². The first kappa shape index (κ1) is 15.0. The summed E-state index contributed by atoms with van der Waals surface area (Å²) in [6, 6.07) is 0. The molecule has 0 spiro atoms. The molecule has 0 unspecified atom stereocenters. The van der Waals surface area contributed by atoms with E-state index in [1.165, 1.54) is 0 Å². The van der Waals surface area contributed by atoms with Crippen molar-refractivity contribution in [1.82, 2.24) is 0 Å². The zero-order chi connectivity index (χ0) is 10.9. The van der Waals surface area contributed by atoms with Crippen LogP contribution in [0.25, 0.3) is 0 Å². The van der Waals surface area contributed by atoms with Crippen molar-refractivity contribution in [3.63, 3.8) is 0 Å². The Morgan fingerprint density at radius 1 is 0.583 bits per heavy atom. The Morgan fingerprint density at radius 2 is 0.583 bits per heavy atom. The Labute approximate surface area is 62.3 Å². The molecule has 0 aliphatic carbocycles. The van der Waals surface area contributed by atoms with Crippen LogP contribution in [0.5, 0.6) is 0 Å². The Morgan fingerprint density at radius 3 is 0.583 bits per heavy atom. The quantitative estimate of drug-likeness (QED) is 0.340. The van der Waals surface area contributed by atoms with E-state index in [1.807, 2.05) is 0 Å². The van der Waals surface area contributed by atoms with Crippen LogP contribution in [0.3, 0.4) is 0 Å². The summed E-state index contributed by atoms with van der Waals surface area (Å²) in [5.41, 5.74) is 0. The van der Waals surface area contributed by atoms with E-state index in [9.17, 15) is 33.7 Å².